The van der Waals surface area contributed by atoms with Gasteiger partial charge >= 0.3 is 0 Å². The molecular weight excluding hydrogens is 318 g/mol. The molecular formula is C19H29N2P2+. The molecule has 0 aliphatic rings. The first-order valence-corrected chi connectivity index (χ1v) is 10.5. The van der Waals surface area contributed by atoms with Crippen LogP contribution in [0, 0.1) is 13.8 Å². The Morgan fingerprint density at radius 3 is 2.22 bits per heavy atom. The molecule has 2 unspecified atom stereocenters. The minimum Gasteiger partial charge on any atom is -0.292 e. The summed E-state index contributed by atoms with van der Waals surface area (Å²) in [5.74, 6) is 0. The SMILES string of the molecule is Cc1ccc(C=NCCCCCC[N+](C)=Cc2ccc(C)[pH]2)[pH]1. The van der Waals surface area contributed by atoms with Gasteiger partial charge in [0.05, 0.1) is 5.30 Å². The first-order chi connectivity index (χ1) is 11.1. The minimum atomic E-state index is 0.839. The largest absolute Gasteiger partial charge is 0.292 e. The van der Waals surface area contributed by atoms with Gasteiger partial charge in [-0.25, -0.2) is 4.58 Å². The van der Waals surface area contributed by atoms with Crippen LogP contribution < -0.4 is 0 Å². The zero-order chi connectivity index (χ0) is 16.5. The van der Waals surface area contributed by atoms with Gasteiger partial charge in [0.15, 0.2) is 6.21 Å². The average Bonchev–Trinajstić information content (AvgIpc) is 3.10. The Kier molecular flexibility index (Phi) is 7.86. The highest BCUT2D eigenvalue weighted by atomic mass is 31.0. The van der Waals surface area contributed by atoms with Gasteiger partial charge in [-0.05, 0) is 49.4 Å². The molecule has 0 spiro atoms. The lowest BCUT2D eigenvalue weighted by molar-refractivity contribution is -0.492. The van der Waals surface area contributed by atoms with Crippen LogP contribution in [0.3, 0.4) is 0 Å². The van der Waals surface area contributed by atoms with Gasteiger partial charge in [0.2, 0.25) is 0 Å². The van der Waals surface area contributed by atoms with E-state index in [1.54, 1.807) is 0 Å². The van der Waals surface area contributed by atoms with E-state index in [0.717, 1.165) is 29.5 Å². The van der Waals surface area contributed by atoms with Gasteiger partial charge in [-0.15, -0.1) is 16.4 Å². The Labute approximate surface area is 143 Å². The molecule has 0 saturated heterocycles. The number of unbranched alkanes of at least 4 members (excludes halogenated alkanes) is 3. The summed E-state index contributed by atoms with van der Waals surface area (Å²) >= 11 is 0. The molecule has 2 atom stereocenters. The molecule has 2 rings (SSSR count). The van der Waals surface area contributed by atoms with Gasteiger partial charge in [0.1, 0.15) is 13.6 Å². The molecule has 4 heteroatoms. The summed E-state index contributed by atoms with van der Waals surface area (Å²) in [5, 5.41) is 5.80. The molecule has 0 N–H and O–H groups in total. The molecule has 2 heterocycles. The molecule has 2 aromatic heterocycles. The molecule has 0 bridgehead atoms. The van der Waals surface area contributed by atoms with Gasteiger partial charge in [-0.3, -0.25) is 4.99 Å². The maximum absolute atomic E-state index is 4.55. The van der Waals surface area contributed by atoms with Gasteiger partial charge in [0, 0.05) is 24.5 Å². The smallest absolute Gasteiger partial charge is 0.174 e. The summed E-state index contributed by atoms with van der Waals surface area (Å²) < 4.78 is 2.34. The zero-order valence-electron chi connectivity index (χ0n) is 14.6. The van der Waals surface area contributed by atoms with Crippen LogP contribution in [-0.2, 0) is 0 Å². The fourth-order valence-electron chi connectivity index (χ4n) is 2.58. The second kappa shape index (κ2) is 9.91. The van der Waals surface area contributed by atoms with E-state index < -0.39 is 0 Å². The highest BCUT2D eigenvalue weighted by molar-refractivity contribution is 7.33. The molecule has 2 aromatic rings. The number of rotatable bonds is 9. The Morgan fingerprint density at radius 2 is 1.57 bits per heavy atom. The molecule has 23 heavy (non-hydrogen) atoms. The third-order valence-electron chi connectivity index (χ3n) is 3.85. The monoisotopic (exact) mass is 347 g/mol. The van der Waals surface area contributed by atoms with Crippen molar-refractivity contribution in [2.45, 2.75) is 39.5 Å². The maximum Gasteiger partial charge on any atom is 0.174 e. The minimum absolute atomic E-state index is 0.839. The van der Waals surface area contributed by atoms with E-state index >= 15 is 0 Å². The second-order valence-electron chi connectivity index (χ2n) is 6.25. The normalized spacial score (nSPS) is 13.1. The number of hydrogen-bond donors (Lipinski definition) is 0. The lowest BCUT2D eigenvalue weighted by Crippen LogP contribution is -2.08. The zero-order valence-corrected chi connectivity index (χ0v) is 16.6. The number of hydrogen-bond acceptors (Lipinski definition) is 1. The third kappa shape index (κ3) is 7.34. The van der Waals surface area contributed by atoms with Crippen molar-refractivity contribution in [3.63, 3.8) is 0 Å². The van der Waals surface area contributed by atoms with Crippen LogP contribution in [0.5, 0.6) is 0 Å². The molecule has 0 aromatic carbocycles. The molecule has 2 nitrogen and oxygen atoms in total. The van der Waals surface area contributed by atoms with E-state index in [1.165, 1.54) is 46.9 Å². The molecule has 0 aliphatic carbocycles. The lowest BCUT2D eigenvalue weighted by Gasteiger charge is -1.98. The second-order valence-corrected chi connectivity index (χ2v) is 9.48. The van der Waals surface area contributed by atoms with Crippen molar-refractivity contribution in [3.05, 3.63) is 45.4 Å². The fraction of sp³-hybridized carbons (Fsp3) is 0.474. The summed E-state index contributed by atoms with van der Waals surface area (Å²) in [6, 6.07) is 8.88. The summed E-state index contributed by atoms with van der Waals surface area (Å²) in [6.45, 7) is 6.52. The topological polar surface area (TPSA) is 15.4 Å². The van der Waals surface area contributed by atoms with Gasteiger partial charge in [-0.1, -0.05) is 18.6 Å². The van der Waals surface area contributed by atoms with Gasteiger partial charge in [0.25, 0.3) is 0 Å². The van der Waals surface area contributed by atoms with E-state index in [4.69, 9.17) is 0 Å². The van der Waals surface area contributed by atoms with Crippen LogP contribution in [0.4, 0.5) is 0 Å². The summed E-state index contributed by atoms with van der Waals surface area (Å²) in [5.41, 5.74) is 0. The Hall–Kier alpha value is -1.10. The Balaban J connectivity index is 1.54. The summed E-state index contributed by atoms with van der Waals surface area (Å²) in [4.78, 5) is 4.55. The van der Waals surface area contributed by atoms with Gasteiger partial charge < -0.3 is 0 Å². The van der Waals surface area contributed by atoms with Crippen LogP contribution in [0.25, 0.3) is 0 Å². The first kappa shape index (κ1) is 18.2. The van der Waals surface area contributed by atoms with Crippen molar-refractivity contribution in [2.24, 2.45) is 4.99 Å². The number of aliphatic imine (C=N–C) groups is 1. The van der Waals surface area contributed by atoms with Crippen molar-refractivity contribution < 1.29 is 4.58 Å². The quantitative estimate of drug-likeness (QED) is 0.340. The third-order valence-corrected chi connectivity index (χ3v) is 6.14. The predicted molar refractivity (Wildman–Crippen MR) is 109 cm³/mol. The van der Waals surface area contributed by atoms with Crippen molar-refractivity contribution >= 4 is 28.8 Å². The number of nitrogens with zero attached hydrogens (tertiary/aromatic N) is 2. The van der Waals surface area contributed by atoms with E-state index in [9.17, 15) is 0 Å². The van der Waals surface area contributed by atoms with E-state index in [2.05, 4.69) is 67.2 Å². The average molecular weight is 347 g/mol. The lowest BCUT2D eigenvalue weighted by atomic mass is 10.2. The molecule has 0 saturated carbocycles. The molecule has 0 radical (unpaired) electrons. The van der Waals surface area contributed by atoms with Crippen molar-refractivity contribution in [2.75, 3.05) is 20.1 Å². The van der Waals surface area contributed by atoms with Gasteiger partial charge in [-0.2, -0.15) is 0 Å². The van der Waals surface area contributed by atoms with Crippen LogP contribution >= 0.6 is 16.4 Å². The van der Waals surface area contributed by atoms with Crippen LogP contribution in [-0.4, -0.2) is 37.1 Å². The van der Waals surface area contributed by atoms with E-state index in [0.29, 0.717) is 0 Å². The molecule has 0 fully saturated rings. The number of aryl methyl sites for hydroxylation is 2. The predicted octanol–water partition coefficient (Wildman–Crippen LogP) is 5.11. The Morgan fingerprint density at radius 1 is 0.913 bits per heavy atom. The van der Waals surface area contributed by atoms with Crippen LogP contribution in [0.1, 0.15) is 46.9 Å². The molecule has 0 aliphatic heterocycles. The van der Waals surface area contributed by atoms with E-state index in [-0.39, 0.29) is 0 Å². The summed E-state index contributed by atoms with van der Waals surface area (Å²) in [7, 11) is 3.90. The highest BCUT2D eigenvalue weighted by Gasteiger charge is 2.00. The van der Waals surface area contributed by atoms with Crippen LogP contribution in [0.2, 0.25) is 0 Å². The first-order valence-electron chi connectivity index (χ1n) is 8.49. The maximum atomic E-state index is 4.55. The van der Waals surface area contributed by atoms with Crippen molar-refractivity contribution in [1.29, 1.82) is 0 Å². The standard InChI is InChI=1S/C19H29N2P2/c1-16-8-10-18(22-16)14-20-12-6-4-5-7-13-21(3)15-19-11-9-17(2)23-19/h8-11,14-15,22-23H,4-7,12-13H2,1-3H3/q+1. The van der Waals surface area contributed by atoms with Crippen molar-refractivity contribution in [3.8, 4) is 0 Å². The molecule has 124 valence electrons. The van der Waals surface area contributed by atoms with Crippen LogP contribution in [0.15, 0.2) is 29.3 Å². The highest BCUT2D eigenvalue weighted by Crippen LogP contribution is 2.19. The Bertz CT molecular complexity index is 650. The molecule has 0 amide bonds. The van der Waals surface area contributed by atoms with E-state index in [1.807, 2.05) is 0 Å². The summed E-state index contributed by atoms with van der Waals surface area (Å²) in [6.07, 6.45) is 9.45. The van der Waals surface area contributed by atoms with Crippen molar-refractivity contribution in [1.82, 2.24) is 0 Å². The fourth-order valence-corrected chi connectivity index (χ4v) is 4.60.